The fourth-order valence-corrected chi connectivity index (χ4v) is 2.11. The molecule has 1 aromatic heterocycles. The van der Waals surface area contributed by atoms with Crippen molar-refractivity contribution in [2.45, 2.75) is 43.8 Å². The van der Waals surface area contributed by atoms with Crippen LogP contribution in [-0.2, 0) is 4.79 Å². The number of pyridine rings is 1. The fourth-order valence-electron chi connectivity index (χ4n) is 1.88. The van der Waals surface area contributed by atoms with E-state index in [0.717, 1.165) is 12.8 Å². The van der Waals surface area contributed by atoms with E-state index < -0.39 is 18.5 Å². The molecule has 20 heavy (non-hydrogen) atoms. The van der Waals surface area contributed by atoms with Gasteiger partial charge in [0, 0.05) is 18.7 Å². The molecule has 2 rings (SSSR count). The van der Waals surface area contributed by atoms with Crippen LogP contribution in [0.4, 0.5) is 13.2 Å². The van der Waals surface area contributed by atoms with Gasteiger partial charge in [0.2, 0.25) is 5.91 Å². The molecule has 0 radical (unpaired) electrons. The number of aromatic nitrogens is 1. The lowest BCUT2D eigenvalue weighted by Crippen LogP contribution is -2.31. The summed E-state index contributed by atoms with van der Waals surface area (Å²) in [6.07, 6.45) is -2.26. The summed E-state index contributed by atoms with van der Waals surface area (Å²) in [4.78, 5) is 16.1. The molecule has 1 saturated carbocycles. The predicted octanol–water partition coefficient (Wildman–Crippen LogP) is 3.55. The maximum Gasteiger partial charge on any atom is 0.389 e. The molecule has 1 heterocycles. The lowest BCUT2D eigenvalue weighted by molar-refractivity contribution is -0.138. The molecule has 1 atom stereocenters. The van der Waals surface area contributed by atoms with Gasteiger partial charge in [-0.3, -0.25) is 4.79 Å². The SMILES string of the molecule is O=C(NC1CC1)C(CCC(F)(F)F)c1ccc(Br)nc1. The van der Waals surface area contributed by atoms with E-state index in [-0.39, 0.29) is 18.4 Å². The molecule has 1 fully saturated rings. The van der Waals surface area contributed by atoms with Crippen LogP contribution in [-0.4, -0.2) is 23.1 Å². The van der Waals surface area contributed by atoms with Crippen molar-refractivity contribution in [3.05, 3.63) is 28.5 Å². The highest BCUT2D eigenvalue weighted by atomic mass is 79.9. The second-order valence-electron chi connectivity index (χ2n) is 4.90. The van der Waals surface area contributed by atoms with E-state index in [1.807, 2.05) is 0 Å². The van der Waals surface area contributed by atoms with E-state index in [9.17, 15) is 18.0 Å². The van der Waals surface area contributed by atoms with Crippen LogP contribution < -0.4 is 5.32 Å². The van der Waals surface area contributed by atoms with E-state index in [1.165, 1.54) is 6.20 Å². The van der Waals surface area contributed by atoms with Gasteiger partial charge in [-0.2, -0.15) is 13.2 Å². The largest absolute Gasteiger partial charge is 0.389 e. The molecule has 1 amide bonds. The van der Waals surface area contributed by atoms with E-state index in [2.05, 4.69) is 26.2 Å². The van der Waals surface area contributed by atoms with Crippen LogP contribution in [0.1, 0.15) is 37.2 Å². The summed E-state index contributed by atoms with van der Waals surface area (Å²) in [6, 6.07) is 3.38. The van der Waals surface area contributed by atoms with E-state index in [4.69, 9.17) is 0 Å². The zero-order chi connectivity index (χ0) is 14.8. The first-order chi connectivity index (χ1) is 9.35. The number of halogens is 4. The number of amides is 1. The Morgan fingerprint density at radius 1 is 1.45 bits per heavy atom. The van der Waals surface area contributed by atoms with E-state index >= 15 is 0 Å². The summed E-state index contributed by atoms with van der Waals surface area (Å²) in [5.74, 6) is -1.15. The molecule has 0 spiro atoms. The fraction of sp³-hybridized carbons (Fsp3) is 0.538. The van der Waals surface area contributed by atoms with Crippen molar-refractivity contribution in [1.29, 1.82) is 0 Å². The maximum atomic E-state index is 12.4. The van der Waals surface area contributed by atoms with Crippen molar-refractivity contribution in [2.75, 3.05) is 0 Å². The average molecular weight is 351 g/mol. The summed E-state index contributed by atoms with van der Waals surface area (Å²) >= 11 is 3.16. The highest BCUT2D eigenvalue weighted by Gasteiger charge is 2.33. The Morgan fingerprint density at radius 3 is 2.65 bits per heavy atom. The van der Waals surface area contributed by atoms with Gasteiger partial charge in [-0.05, 0) is 46.8 Å². The molecule has 1 N–H and O–H groups in total. The number of carbonyl (C=O) groups is 1. The summed E-state index contributed by atoms with van der Waals surface area (Å²) < 4.78 is 37.7. The van der Waals surface area contributed by atoms with Gasteiger partial charge in [0.15, 0.2) is 0 Å². The number of hydrogen-bond acceptors (Lipinski definition) is 2. The van der Waals surface area contributed by atoms with Crippen LogP contribution in [0.2, 0.25) is 0 Å². The Balaban J connectivity index is 2.09. The predicted molar refractivity (Wildman–Crippen MR) is 71.1 cm³/mol. The van der Waals surface area contributed by atoms with Gasteiger partial charge >= 0.3 is 6.18 Å². The van der Waals surface area contributed by atoms with Gasteiger partial charge < -0.3 is 5.32 Å². The number of carbonyl (C=O) groups excluding carboxylic acids is 1. The monoisotopic (exact) mass is 350 g/mol. The first-order valence-corrected chi connectivity index (χ1v) is 7.13. The Labute approximate surface area is 123 Å². The van der Waals surface area contributed by atoms with Gasteiger partial charge in [-0.25, -0.2) is 4.98 Å². The summed E-state index contributed by atoms with van der Waals surface area (Å²) in [7, 11) is 0. The third-order valence-corrected chi connectivity index (χ3v) is 3.58. The van der Waals surface area contributed by atoms with Crippen molar-refractivity contribution in [3.8, 4) is 0 Å². The molecule has 0 aliphatic heterocycles. The minimum absolute atomic E-state index is 0.124. The van der Waals surface area contributed by atoms with Gasteiger partial charge in [0.25, 0.3) is 0 Å². The Kier molecular flexibility index (Phi) is 4.67. The van der Waals surface area contributed by atoms with Crippen LogP contribution in [0.15, 0.2) is 22.9 Å². The highest BCUT2D eigenvalue weighted by molar-refractivity contribution is 9.10. The van der Waals surface area contributed by atoms with Gasteiger partial charge in [0.05, 0.1) is 5.92 Å². The molecular formula is C13H14BrF3N2O. The van der Waals surface area contributed by atoms with Crippen LogP contribution >= 0.6 is 15.9 Å². The number of rotatable bonds is 5. The molecule has 1 aliphatic carbocycles. The molecule has 7 heteroatoms. The minimum Gasteiger partial charge on any atom is -0.353 e. The normalized spacial score (nSPS) is 16.8. The van der Waals surface area contributed by atoms with Gasteiger partial charge in [-0.15, -0.1) is 0 Å². The summed E-state index contributed by atoms with van der Waals surface area (Å²) in [5, 5.41) is 2.76. The smallest absolute Gasteiger partial charge is 0.353 e. The number of nitrogens with zero attached hydrogens (tertiary/aromatic N) is 1. The maximum absolute atomic E-state index is 12.4. The highest BCUT2D eigenvalue weighted by Crippen LogP contribution is 2.30. The van der Waals surface area contributed by atoms with Crippen LogP contribution in [0.3, 0.4) is 0 Å². The van der Waals surface area contributed by atoms with E-state index in [0.29, 0.717) is 10.2 Å². The molecule has 0 bridgehead atoms. The van der Waals surface area contributed by atoms with Crippen molar-refractivity contribution in [3.63, 3.8) is 0 Å². The molecule has 110 valence electrons. The number of alkyl halides is 3. The minimum atomic E-state index is -4.26. The summed E-state index contributed by atoms with van der Waals surface area (Å²) in [5.41, 5.74) is 0.510. The van der Waals surface area contributed by atoms with Crippen molar-refractivity contribution in [2.24, 2.45) is 0 Å². The van der Waals surface area contributed by atoms with E-state index in [1.54, 1.807) is 12.1 Å². The van der Waals surface area contributed by atoms with Crippen LogP contribution in [0.25, 0.3) is 0 Å². The molecular weight excluding hydrogens is 337 g/mol. The van der Waals surface area contributed by atoms with Crippen molar-refractivity contribution < 1.29 is 18.0 Å². The molecule has 1 aromatic rings. The topological polar surface area (TPSA) is 42.0 Å². The molecule has 3 nitrogen and oxygen atoms in total. The first-order valence-electron chi connectivity index (χ1n) is 6.34. The van der Waals surface area contributed by atoms with Crippen molar-refractivity contribution in [1.82, 2.24) is 10.3 Å². The lowest BCUT2D eigenvalue weighted by atomic mass is 9.94. The Hall–Kier alpha value is -1.11. The van der Waals surface area contributed by atoms with Gasteiger partial charge in [-0.1, -0.05) is 6.07 Å². The zero-order valence-electron chi connectivity index (χ0n) is 10.6. The number of nitrogens with one attached hydrogen (secondary N) is 1. The molecule has 1 aliphatic rings. The Bertz CT molecular complexity index is 471. The quantitative estimate of drug-likeness (QED) is 0.825. The summed E-state index contributed by atoms with van der Waals surface area (Å²) in [6.45, 7) is 0. The first kappa shape index (κ1) is 15.3. The standard InChI is InChI=1S/C13H14BrF3N2O/c14-11-4-1-8(7-18-11)10(5-6-13(15,16)17)12(20)19-9-2-3-9/h1,4,7,9-10H,2-3,5-6H2,(H,19,20). The second kappa shape index (κ2) is 6.11. The Morgan fingerprint density at radius 2 is 2.15 bits per heavy atom. The average Bonchev–Trinajstić information content (AvgIpc) is 3.14. The molecule has 0 saturated heterocycles. The van der Waals surface area contributed by atoms with Crippen LogP contribution in [0.5, 0.6) is 0 Å². The lowest BCUT2D eigenvalue weighted by Gasteiger charge is -2.17. The zero-order valence-corrected chi connectivity index (χ0v) is 12.2. The van der Waals surface area contributed by atoms with Gasteiger partial charge in [0.1, 0.15) is 4.60 Å². The third-order valence-electron chi connectivity index (χ3n) is 3.11. The van der Waals surface area contributed by atoms with Crippen molar-refractivity contribution >= 4 is 21.8 Å². The number of hydrogen-bond donors (Lipinski definition) is 1. The molecule has 1 unspecified atom stereocenters. The van der Waals surface area contributed by atoms with Crippen LogP contribution in [0, 0.1) is 0 Å². The second-order valence-corrected chi connectivity index (χ2v) is 5.72. The molecule has 0 aromatic carbocycles. The third kappa shape index (κ3) is 4.77.